The first-order chi connectivity index (χ1) is 12.5. The van der Waals surface area contributed by atoms with E-state index >= 15 is 0 Å². The molecule has 27 heavy (non-hydrogen) atoms. The summed E-state index contributed by atoms with van der Waals surface area (Å²) >= 11 is 0. The van der Waals surface area contributed by atoms with Crippen LogP contribution in [-0.2, 0) is 32.3 Å². The molecule has 2 aromatic carbocycles. The number of hydrogen-bond acceptors (Lipinski definition) is 4. The van der Waals surface area contributed by atoms with Gasteiger partial charge in [0.15, 0.2) is 0 Å². The molecule has 0 aliphatic carbocycles. The van der Waals surface area contributed by atoms with Gasteiger partial charge in [0, 0.05) is 6.54 Å². The van der Waals surface area contributed by atoms with Crippen LogP contribution in [0.1, 0.15) is 11.1 Å². The smallest absolute Gasteiger partial charge is 0.344 e. The highest BCUT2D eigenvalue weighted by Crippen LogP contribution is 2.34. The summed E-state index contributed by atoms with van der Waals surface area (Å²) in [5, 5.41) is 9.09. The molecule has 144 valence electrons. The third kappa shape index (κ3) is 5.53. The van der Waals surface area contributed by atoms with E-state index in [0.29, 0.717) is 5.56 Å². The van der Waals surface area contributed by atoms with E-state index in [2.05, 4.69) is 5.32 Å². The zero-order chi connectivity index (χ0) is 20.2. The van der Waals surface area contributed by atoms with E-state index in [4.69, 9.17) is 5.14 Å². The lowest BCUT2D eigenvalue weighted by atomic mass is 10.1. The van der Waals surface area contributed by atoms with Crippen LogP contribution in [0.5, 0.6) is 0 Å². The molecule has 2 amide bonds. The molecule has 4 N–H and O–H groups in total. The van der Waals surface area contributed by atoms with Crippen molar-refractivity contribution in [3.8, 4) is 0 Å². The molecular formula is C16H14F3N3O4S. The van der Waals surface area contributed by atoms with E-state index in [1.807, 2.05) is 5.32 Å². The van der Waals surface area contributed by atoms with Crippen molar-refractivity contribution in [1.82, 2.24) is 5.32 Å². The van der Waals surface area contributed by atoms with Gasteiger partial charge in [0.25, 0.3) is 0 Å². The first kappa shape index (κ1) is 20.4. The number of alkyl halides is 3. The molecule has 0 aliphatic rings. The summed E-state index contributed by atoms with van der Waals surface area (Å²) < 4.78 is 60.9. The Morgan fingerprint density at radius 3 is 2.11 bits per heavy atom. The molecule has 0 fully saturated rings. The minimum absolute atomic E-state index is 0.126. The minimum Gasteiger partial charge on any atom is -0.344 e. The van der Waals surface area contributed by atoms with Crippen molar-refractivity contribution in [3.05, 3.63) is 59.7 Å². The van der Waals surface area contributed by atoms with E-state index in [-0.39, 0.29) is 11.4 Å². The average Bonchev–Trinajstić information content (AvgIpc) is 2.58. The summed E-state index contributed by atoms with van der Waals surface area (Å²) in [6, 6.07) is 9.43. The number of primary sulfonamides is 1. The van der Waals surface area contributed by atoms with Gasteiger partial charge in [-0.2, -0.15) is 13.2 Å². The van der Waals surface area contributed by atoms with Crippen LogP contribution in [0.2, 0.25) is 0 Å². The van der Waals surface area contributed by atoms with Crippen LogP contribution in [0, 0.1) is 0 Å². The molecule has 0 heterocycles. The second-order valence-corrected chi connectivity index (χ2v) is 6.93. The SMILES string of the molecule is NS(=O)(=O)c1ccc(CNC(=O)C(=O)Nc2ccccc2C(F)(F)F)cc1. The van der Waals surface area contributed by atoms with Crippen LogP contribution in [0.15, 0.2) is 53.4 Å². The molecule has 2 rings (SSSR count). The Kier molecular flexibility index (Phi) is 5.86. The van der Waals surface area contributed by atoms with Gasteiger partial charge in [0.1, 0.15) is 0 Å². The Morgan fingerprint density at radius 2 is 1.56 bits per heavy atom. The molecule has 0 spiro atoms. The first-order valence-electron chi connectivity index (χ1n) is 7.35. The van der Waals surface area contributed by atoms with Crippen LogP contribution in [0.3, 0.4) is 0 Å². The van der Waals surface area contributed by atoms with Crippen molar-refractivity contribution in [2.45, 2.75) is 17.6 Å². The van der Waals surface area contributed by atoms with Crippen LogP contribution in [0.4, 0.5) is 18.9 Å². The number of halogens is 3. The summed E-state index contributed by atoms with van der Waals surface area (Å²) in [6.07, 6.45) is -4.69. The van der Waals surface area contributed by atoms with E-state index in [1.165, 1.54) is 30.3 Å². The summed E-state index contributed by atoms with van der Waals surface area (Å²) in [4.78, 5) is 23.5. The number of anilines is 1. The Hall–Kier alpha value is -2.92. The Morgan fingerprint density at radius 1 is 0.963 bits per heavy atom. The quantitative estimate of drug-likeness (QED) is 0.675. The average molecular weight is 401 g/mol. The molecule has 7 nitrogen and oxygen atoms in total. The van der Waals surface area contributed by atoms with Gasteiger partial charge in [-0.3, -0.25) is 9.59 Å². The predicted octanol–water partition coefficient (Wildman–Crippen LogP) is 1.61. The van der Waals surface area contributed by atoms with Gasteiger partial charge in [-0.05, 0) is 29.8 Å². The molecule has 0 aromatic heterocycles. The molecule has 0 unspecified atom stereocenters. The Bertz CT molecular complexity index is 958. The number of carbonyl (C=O) groups excluding carboxylic acids is 2. The normalized spacial score (nSPS) is 11.7. The summed E-state index contributed by atoms with van der Waals surface area (Å²) in [7, 11) is -3.86. The molecule has 0 bridgehead atoms. The van der Waals surface area contributed by atoms with Crippen molar-refractivity contribution in [2.75, 3.05) is 5.32 Å². The number of benzene rings is 2. The maximum atomic E-state index is 12.9. The standard InChI is InChI=1S/C16H14F3N3O4S/c17-16(18,19)12-3-1-2-4-13(12)22-15(24)14(23)21-9-10-5-7-11(8-6-10)27(20,25)26/h1-8H,9H2,(H,21,23)(H,22,24)(H2,20,25,26). The van der Waals surface area contributed by atoms with Gasteiger partial charge >= 0.3 is 18.0 Å². The summed E-state index contributed by atoms with van der Waals surface area (Å²) in [5.41, 5.74) is -1.16. The zero-order valence-electron chi connectivity index (χ0n) is 13.6. The molecule has 2 aromatic rings. The van der Waals surface area contributed by atoms with E-state index < -0.39 is 39.3 Å². The van der Waals surface area contributed by atoms with Crippen LogP contribution < -0.4 is 15.8 Å². The second kappa shape index (κ2) is 7.76. The first-order valence-corrected chi connectivity index (χ1v) is 8.90. The lowest BCUT2D eigenvalue weighted by Gasteiger charge is -2.13. The maximum absolute atomic E-state index is 12.9. The fourth-order valence-electron chi connectivity index (χ4n) is 2.08. The number of hydrogen-bond donors (Lipinski definition) is 3. The van der Waals surface area contributed by atoms with Crippen LogP contribution >= 0.6 is 0 Å². The fourth-order valence-corrected chi connectivity index (χ4v) is 2.59. The molecule has 0 saturated carbocycles. The molecule has 0 aliphatic heterocycles. The van der Waals surface area contributed by atoms with Crippen molar-refractivity contribution < 1.29 is 31.2 Å². The third-order valence-electron chi connectivity index (χ3n) is 3.39. The molecule has 11 heteroatoms. The van der Waals surface area contributed by atoms with Crippen molar-refractivity contribution in [1.29, 1.82) is 0 Å². The number of nitrogens with one attached hydrogen (secondary N) is 2. The lowest BCUT2D eigenvalue weighted by Crippen LogP contribution is -2.35. The number of carbonyl (C=O) groups is 2. The van der Waals surface area contributed by atoms with Crippen molar-refractivity contribution >= 4 is 27.5 Å². The van der Waals surface area contributed by atoms with Gasteiger partial charge in [-0.25, -0.2) is 13.6 Å². The van der Waals surface area contributed by atoms with E-state index in [9.17, 15) is 31.2 Å². The summed E-state index contributed by atoms with van der Waals surface area (Å²) in [5.74, 6) is -2.42. The number of nitrogens with two attached hydrogens (primary N) is 1. The number of para-hydroxylation sites is 1. The largest absolute Gasteiger partial charge is 0.418 e. The third-order valence-corrected chi connectivity index (χ3v) is 4.32. The Balaban J connectivity index is 2.00. The van der Waals surface area contributed by atoms with Gasteiger partial charge in [0.05, 0.1) is 16.1 Å². The number of rotatable bonds is 4. The minimum atomic E-state index is -4.69. The second-order valence-electron chi connectivity index (χ2n) is 5.37. The highest BCUT2D eigenvalue weighted by molar-refractivity contribution is 7.89. The van der Waals surface area contributed by atoms with Gasteiger partial charge in [-0.1, -0.05) is 24.3 Å². The Labute approximate surface area is 152 Å². The van der Waals surface area contributed by atoms with Gasteiger partial charge in [0.2, 0.25) is 10.0 Å². The number of amides is 2. The molecule has 0 saturated heterocycles. The maximum Gasteiger partial charge on any atom is 0.418 e. The number of sulfonamides is 1. The molecule has 0 atom stereocenters. The zero-order valence-corrected chi connectivity index (χ0v) is 14.4. The lowest BCUT2D eigenvalue weighted by molar-refractivity contribution is -0.138. The van der Waals surface area contributed by atoms with Gasteiger partial charge in [-0.15, -0.1) is 0 Å². The van der Waals surface area contributed by atoms with Gasteiger partial charge < -0.3 is 10.6 Å². The highest BCUT2D eigenvalue weighted by Gasteiger charge is 2.34. The van der Waals surface area contributed by atoms with E-state index in [1.54, 1.807) is 0 Å². The summed E-state index contributed by atoms with van der Waals surface area (Å²) in [6.45, 7) is -0.141. The monoisotopic (exact) mass is 401 g/mol. The molecule has 0 radical (unpaired) electrons. The fraction of sp³-hybridized carbons (Fsp3) is 0.125. The van der Waals surface area contributed by atoms with Crippen LogP contribution in [-0.4, -0.2) is 20.2 Å². The van der Waals surface area contributed by atoms with Crippen LogP contribution in [0.25, 0.3) is 0 Å². The topological polar surface area (TPSA) is 118 Å². The predicted molar refractivity (Wildman–Crippen MR) is 89.7 cm³/mol. The van der Waals surface area contributed by atoms with Crippen molar-refractivity contribution in [2.24, 2.45) is 5.14 Å². The highest BCUT2D eigenvalue weighted by atomic mass is 32.2. The van der Waals surface area contributed by atoms with E-state index in [0.717, 1.165) is 18.2 Å². The molecular weight excluding hydrogens is 387 g/mol. The van der Waals surface area contributed by atoms with Crippen molar-refractivity contribution in [3.63, 3.8) is 0 Å².